The second-order valence-electron chi connectivity index (χ2n) is 5.35. The molecule has 0 saturated carbocycles. The fourth-order valence-corrected chi connectivity index (χ4v) is 2.69. The lowest BCUT2D eigenvalue weighted by molar-refractivity contribution is 0.132. The Kier molecular flexibility index (Phi) is 5.01. The summed E-state index contributed by atoms with van der Waals surface area (Å²) < 4.78 is 12.7. The van der Waals surface area contributed by atoms with Gasteiger partial charge >= 0.3 is 0 Å². The summed E-state index contributed by atoms with van der Waals surface area (Å²) in [5.74, 6) is 0. The minimum atomic E-state index is -1.17. The van der Waals surface area contributed by atoms with Crippen LogP contribution in [0.1, 0.15) is 25.0 Å². The van der Waals surface area contributed by atoms with Crippen molar-refractivity contribution in [2.24, 2.45) is 5.11 Å². The zero-order valence-corrected chi connectivity index (χ0v) is 11.8. The number of rotatable bonds is 5. The highest BCUT2D eigenvalue weighted by atomic mass is 19.1. The van der Waals surface area contributed by atoms with Crippen LogP contribution in [0.15, 0.2) is 29.4 Å². The van der Waals surface area contributed by atoms with Crippen molar-refractivity contribution in [1.29, 1.82) is 0 Å². The normalized spacial score (nSPS) is 24.5. The Morgan fingerprint density at radius 2 is 2.14 bits per heavy atom. The predicted molar refractivity (Wildman–Crippen MR) is 77.7 cm³/mol. The number of aliphatic hydroxyl groups excluding tert-OH is 2. The Morgan fingerprint density at radius 3 is 2.62 bits per heavy atom. The predicted octanol–water partition coefficient (Wildman–Crippen LogP) is 2.33. The van der Waals surface area contributed by atoms with E-state index in [2.05, 4.69) is 14.9 Å². The zero-order valence-electron chi connectivity index (χ0n) is 11.8. The van der Waals surface area contributed by atoms with E-state index in [1.165, 1.54) is 0 Å². The van der Waals surface area contributed by atoms with Crippen molar-refractivity contribution in [2.75, 3.05) is 18.1 Å². The summed E-state index contributed by atoms with van der Waals surface area (Å²) in [6.45, 7) is 1.71. The minimum Gasteiger partial charge on any atom is -0.391 e. The Bertz CT molecular complexity index is 518. The van der Waals surface area contributed by atoms with Crippen molar-refractivity contribution in [2.45, 2.75) is 37.6 Å². The van der Waals surface area contributed by atoms with Crippen LogP contribution in [0.25, 0.3) is 10.4 Å². The van der Waals surface area contributed by atoms with E-state index in [1.807, 2.05) is 19.1 Å². The number of anilines is 1. The Morgan fingerprint density at radius 1 is 1.48 bits per heavy atom. The van der Waals surface area contributed by atoms with E-state index in [4.69, 9.17) is 5.53 Å². The van der Waals surface area contributed by atoms with E-state index < -0.39 is 18.8 Å². The van der Waals surface area contributed by atoms with Gasteiger partial charge in [-0.1, -0.05) is 17.2 Å². The van der Waals surface area contributed by atoms with Crippen molar-refractivity contribution in [1.82, 2.24) is 0 Å². The molecule has 21 heavy (non-hydrogen) atoms. The van der Waals surface area contributed by atoms with E-state index in [1.54, 1.807) is 12.1 Å². The Hall–Kier alpha value is -1.82. The van der Waals surface area contributed by atoms with Crippen molar-refractivity contribution >= 4 is 5.69 Å². The molecule has 0 radical (unpaired) electrons. The molecule has 0 aliphatic carbocycles. The van der Waals surface area contributed by atoms with Crippen molar-refractivity contribution in [3.8, 4) is 0 Å². The fraction of sp³-hybridized carbons (Fsp3) is 0.571. The quantitative estimate of drug-likeness (QED) is 0.496. The summed E-state index contributed by atoms with van der Waals surface area (Å²) >= 11 is 0. The van der Waals surface area contributed by atoms with Gasteiger partial charge in [0.25, 0.3) is 0 Å². The highest BCUT2D eigenvalue weighted by molar-refractivity contribution is 5.50. The van der Waals surface area contributed by atoms with E-state index in [9.17, 15) is 14.6 Å². The lowest BCUT2D eigenvalue weighted by Crippen LogP contribution is -2.27. The summed E-state index contributed by atoms with van der Waals surface area (Å²) in [6.07, 6.45) is -0.766. The second kappa shape index (κ2) is 6.76. The molecular formula is C14H19FN4O2. The average Bonchev–Trinajstić information content (AvgIpc) is 2.83. The first kappa shape index (κ1) is 15.6. The lowest BCUT2D eigenvalue weighted by Gasteiger charge is -2.24. The molecule has 6 nitrogen and oxygen atoms in total. The fourth-order valence-electron chi connectivity index (χ4n) is 2.69. The van der Waals surface area contributed by atoms with Gasteiger partial charge in [-0.3, -0.25) is 4.39 Å². The number of hydrogen-bond acceptors (Lipinski definition) is 4. The lowest BCUT2D eigenvalue weighted by atomic mass is 10.0. The monoisotopic (exact) mass is 294 g/mol. The standard InChI is InChI=1S/C14H19FN4O2/c1-9-6-12(20)8-19(9)11-4-2-10(3-5-11)14(21)13(7-15)17-18-16/h2-5,9,12-14,20-21H,6-8H2,1H3/t9-,12+,13-,14-/m1/s1. The summed E-state index contributed by atoms with van der Waals surface area (Å²) in [4.78, 5) is 4.63. The first-order valence-electron chi connectivity index (χ1n) is 6.89. The van der Waals surface area contributed by atoms with Gasteiger partial charge in [0, 0.05) is 23.2 Å². The van der Waals surface area contributed by atoms with Crippen LogP contribution in [-0.4, -0.2) is 41.6 Å². The third kappa shape index (κ3) is 3.44. The molecule has 1 saturated heterocycles. The van der Waals surface area contributed by atoms with Gasteiger partial charge in [-0.05, 0) is 36.6 Å². The number of hydrogen-bond donors (Lipinski definition) is 2. The molecule has 1 aliphatic rings. The summed E-state index contributed by atoms with van der Waals surface area (Å²) in [5.41, 5.74) is 9.80. The molecule has 1 aliphatic heterocycles. The van der Waals surface area contributed by atoms with Crippen LogP contribution >= 0.6 is 0 Å². The van der Waals surface area contributed by atoms with Gasteiger partial charge in [-0.25, -0.2) is 0 Å². The molecular weight excluding hydrogens is 275 g/mol. The molecule has 0 bridgehead atoms. The first-order chi connectivity index (χ1) is 10.1. The van der Waals surface area contributed by atoms with Gasteiger partial charge in [-0.15, -0.1) is 0 Å². The maximum Gasteiger partial charge on any atom is 0.101 e. The zero-order chi connectivity index (χ0) is 15.4. The van der Waals surface area contributed by atoms with Crippen LogP contribution in [0, 0.1) is 0 Å². The van der Waals surface area contributed by atoms with Crippen LogP contribution in [0.3, 0.4) is 0 Å². The molecule has 0 unspecified atom stereocenters. The third-order valence-electron chi connectivity index (χ3n) is 3.84. The number of halogens is 1. The maximum atomic E-state index is 12.7. The molecule has 1 heterocycles. The van der Waals surface area contributed by atoms with Gasteiger partial charge in [0.1, 0.15) is 6.67 Å². The smallest absolute Gasteiger partial charge is 0.101 e. The summed E-state index contributed by atoms with van der Waals surface area (Å²) in [5, 5.41) is 22.9. The highest BCUT2D eigenvalue weighted by Crippen LogP contribution is 2.28. The molecule has 2 N–H and O–H groups in total. The highest BCUT2D eigenvalue weighted by Gasteiger charge is 2.28. The number of β-amino-alcohol motifs (C(OH)–C–C–N with tert-alkyl or cyclic N) is 1. The molecule has 0 amide bonds. The van der Waals surface area contributed by atoms with Crippen LogP contribution in [0.2, 0.25) is 0 Å². The average molecular weight is 294 g/mol. The molecule has 0 spiro atoms. The summed E-state index contributed by atoms with van der Waals surface area (Å²) in [7, 11) is 0. The molecule has 2 rings (SSSR count). The topological polar surface area (TPSA) is 92.5 Å². The largest absolute Gasteiger partial charge is 0.391 e. The van der Waals surface area contributed by atoms with Crippen molar-refractivity contribution < 1.29 is 14.6 Å². The Labute approximate surface area is 122 Å². The van der Waals surface area contributed by atoms with Crippen LogP contribution in [0.5, 0.6) is 0 Å². The molecule has 1 aromatic carbocycles. The number of aliphatic hydroxyl groups is 2. The van der Waals surface area contributed by atoms with Gasteiger partial charge in [0.15, 0.2) is 0 Å². The first-order valence-corrected chi connectivity index (χ1v) is 6.89. The Balaban J connectivity index is 2.13. The van der Waals surface area contributed by atoms with Gasteiger partial charge in [0.05, 0.1) is 18.2 Å². The van der Waals surface area contributed by atoms with E-state index >= 15 is 0 Å². The van der Waals surface area contributed by atoms with Crippen LogP contribution in [0.4, 0.5) is 10.1 Å². The van der Waals surface area contributed by atoms with Gasteiger partial charge < -0.3 is 15.1 Å². The molecule has 0 aromatic heterocycles. The summed E-state index contributed by atoms with van der Waals surface area (Å²) in [6, 6.07) is 6.14. The molecule has 1 aromatic rings. The van der Waals surface area contributed by atoms with Gasteiger partial charge in [-0.2, -0.15) is 0 Å². The number of benzene rings is 1. The molecule has 114 valence electrons. The number of alkyl halides is 1. The SMILES string of the molecule is C[C@@H]1C[C@H](O)CN1c1ccc([C@@H](O)[C@@H](CF)N=[N+]=[N-])cc1. The van der Waals surface area contributed by atoms with E-state index in [0.717, 1.165) is 12.1 Å². The third-order valence-corrected chi connectivity index (χ3v) is 3.84. The van der Waals surface area contributed by atoms with Gasteiger partial charge in [0.2, 0.25) is 0 Å². The van der Waals surface area contributed by atoms with E-state index in [0.29, 0.717) is 12.1 Å². The molecule has 1 fully saturated rings. The molecule has 7 heteroatoms. The van der Waals surface area contributed by atoms with Crippen molar-refractivity contribution in [3.63, 3.8) is 0 Å². The number of nitrogens with zero attached hydrogens (tertiary/aromatic N) is 4. The maximum absolute atomic E-state index is 12.7. The molecule has 4 atom stereocenters. The van der Waals surface area contributed by atoms with Crippen LogP contribution < -0.4 is 4.90 Å². The second-order valence-corrected chi connectivity index (χ2v) is 5.35. The number of azide groups is 1. The van der Waals surface area contributed by atoms with E-state index in [-0.39, 0.29) is 12.1 Å². The minimum absolute atomic E-state index is 0.248. The van der Waals surface area contributed by atoms with Crippen LogP contribution in [-0.2, 0) is 0 Å². The van der Waals surface area contributed by atoms with Crippen molar-refractivity contribution in [3.05, 3.63) is 40.3 Å².